The molecular weight excluding hydrogens is 532 g/mol. The van der Waals surface area contributed by atoms with Crippen LogP contribution in [0.4, 0.5) is 0 Å². The smallest absolute Gasteiger partial charge is 0.312 e. The van der Waals surface area contributed by atoms with Gasteiger partial charge in [-0.1, -0.05) is 141 Å². The van der Waals surface area contributed by atoms with Crippen LogP contribution in [-0.4, -0.2) is 25.2 Å². The van der Waals surface area contributed by atoms with Gasteiger partial charge in [0.2, 0.25) is 0 Å². The van der Waals surface area contributed by atoms with Gasteiger partial charge in [-0.15, -0.1) is 0 Å². The lowest BCUT2D eigenvalue weighted by atomic mass is 9.91. The molecule has 0 amide bonds. The summed E-state index contributed by atoms with van der Waals surface area (Å²) < 4.78 is 10.8. The molecule has 0 unspecified atom stereocenters. The molecule has 0 aromatic carbocycles. The number of rotatable bonds is 32. The minimum absolute atomic E-state index is 0.239. The molecule has 0 aromatic rings. The third-order valence-corrected chi connectivity index (χ3v) is 8.55. The number of methoxy groups -OCH3 is 1. The molecule has 252 valence electrons. The van der Waals surface area contributed by atoms with Crippen molar-refractivity contribution in [2.75, 3.05) is 7.11 Å². The van der Waals surface area contributed by atoms with Gasteiger partial charge in [-0.25, -0.2) is 0 Å². The number of carbonyl (C=O) groups is 2. The van der Waals surface area contributed by atoms with E-state index in [0.717, 1.165) is 44.9 Å². The Kier molecular flexibility index (Phi) is 32.1. The lowest BCUT2D eigenvalue weighted by molar-refractivity contribution is -0.160. The molecule has 0 heterocycles. The Morgan fingerprint density at radius 1 is 0.512 bits per heavy atom. The van der Waals surface area contributed by atoms with Crippen LogP contribution >= 0.6 is 0 Å². The molecule has 0 fully saturated rings. The van der Waals surface area contributed by atoms with Crippen LogP contribution in [0.25, 0.3) is 0 Å². The van der Waals surface area contributed by atoms with Crippen LogP contribution in [0, 0.1) is 5.92 Å². The first-order valence-electron chi connectivity index (χ1n) is 18.6. The maximum absolute atomic E-state index is 12.6. The fourth-order valence-corrected chi connectivity index (χ4v) is 5.84. The van der Waals surface area contributed by atoms with E-state index in [1.165, 1.54) is 142 Å². The first-order valence-corrected chi connectivity index (χ1v) is 18.6. The number of ether oxygens (including phenoxy) is 2. The molecule has 0 saturated carbocycles. The van der Waals surface area contributed by atoms with Crippen LogP contribution in [0.3, 0.4) is 0 Å². The highest BCUT2D eigenvalue weighted by molar-refractivity contribution is 5.74. The first kappa shape index (κ1) is 41.4. The molecule has 0 aliphatic rings. The Hall–Kier alpha value is -1.58. The minimum Gasteiger partial charge on any atom is -0.469 e. The number of hydrogen-bond acceptors (Lipinski definition) is 4. The van der Waals surface area contributed by atoms with Gasteiger partial charge in [-0.3, -0.25) is 9.59 Å². The van der Waals surface area contributed by atoms with E-state index in [-0.39, 0.29) is 24.0 Å². The lowest BCUT2D eigenvalue weighted by Crippen LogP contribution is -2.33. The minimum atomic E-state index is -0.375. The summed E-state index contributed by atoms with van der Waals surface area (Å²) in [5.41, 5.74) is 0. The second kappa shape index (κ2) is 33.3. The average Bonchev–Trinajstić information content (AvgIpc) is 3.00. The predicted molar refractivity (Wildman–Crippen MR) is 185 cm³/mol. The van der Waals surface area contributed by atoms with Gasteiger partial charge in [-0.2, -0.15) is 0 Å². The third-order valence-electron chi connectivity index (χ3n) is 8.55. The molecular formula is C39H72O4. The summed E-state index contributed by atoms with van der Waals surface area (Å²) >= 11 is 0. The zero-order valence-electron chi connectivity index (χ0n) is 29.2. The predicted octanol–water partition coefficient (Wildman–Crippen LogP) is 12.4. The van der Waals surface area contributed by atoms with E-state index < -0.39 is 0 Å². The monoisotopic (exact) mass is 605 g/mol. The van der Waals surface area contributed by atoms with E-state index in [0.29, 0.717) is 0 Å². The van der Waals surface area contributed by atoms with Gasteiger partial charge in [0.15, 0.2) is 0 Å². The Morgan fingerprint density at radius 2 is 0.860 bits per heavy atom. The fraction of sp³-hybridized carbons (Fsp3) is 0.846. The summed E-state index contributed by atoms with van der Waals surface area (Å²) in [6, 6.07) is 0. The van der Waals surface area contributed by atoms with Gasteiger partial charge in [-0.05, 0) is 70.6 Å². The summed E-state index contributed by atoms with van der Waals surface area (Å²) in [7, 11) is 1.44. The molecule has 0 aliphatic heterocycles. The molecule has 0 bridgehead atoms. The first-order chi connectivity index (χ1) is 21.1. The van der Waals surface area contributed by atoms with Gasteiger partial charge < -0.3 is 9.47 Å². The SMILES string of the molecule is CCCCCCCCC=CCCCCCCC[C@H](OC(C)=O)[C@@H](CCCCCCC=CCCCCCCCC)C(=O)OC. The zero-order chi connectivity index (χ0) is 31.6. The van der Waals surface area contributed by atoms with Gasteiger partial charge in [0.05, 0.1) is 13.0 Å². The highest BCUT2D eigenvalue weighted by Gasteiger charge is 2.30. The summed E-state index contributed by atoms with van der Waals surface area (Å²) in [6.07, 6.45) is 41.7. The molecule has 43 heavy (non-hydrogen) atoms. The van der Waals surface area contributed by atoms with E-state index in [4.69, 9.17) is 9.47 Å². The quantitative estimate of drug-likeness (QED) is 0.0435. The Balaban J connectivity index is 4.12. The fourth-order valence-electron chi connectivity index (χ4n) is 5.84. The highest BCUT2D eigenvalue weighted by Crippen LogP contribution is 2.24. The van der Waals surface area contributed by atoms with Crippen molar-refractivity contribution in [2.24, 2.45) is 5.92 Å². The van der Waals surface area contributed by atoms with Crippen LogP contribution in [0.5, 0.6) is 0 Å². The van der Waals surface area contributed by atoms with Crippen LogP contribution in [0.2, 0.25) is 0 Å². The average molecular weight is 605 g/mol. The summed E-state index contributed by atoms with van der Waals surface area (Å²) in [5.74, 6) is -0.904. The molecule has 0 N–H and O–H groups in total. The Bertz CT molecular complexity index is 668. The summed E-state index contributed by atoms with van der Waals surface area (Å²) in [6.45, 7) is 5.98. The summed E-state index contributed by atoms with van der Waals surface area (Å²) in [5, 5.41) is 0. The van der Waals surface area contributed by atoms with Gasteiger partial charge >= 0.3 is 11.9 Å². The number of carbonyl (C=O) groups excluding carboxylic acids is 2. The van der Waals surface area contributed by atoms with E-state index in [1.54, 1.807) is 0 Å². The highest BCUT2D eigenvalue weighted by atomic mass is 16.6. The van der Waals surface area contributed by atoms with Gasteiger partial charge in [0, 0.05) is 6.92 Å². The van der Waals surface area contributed by atoms with Gasteiger partial charge in [0.25, 0.3) is 0 Å². The van der Waals surface area contributed by atoms with Crippen LogP contribution in [0.1, 0.15) is 194 Å². The maximum Gasteiger partial charge on any atom is 0.312 e. The number of esters is 2. The van der Waals surface area contributed by atoms with Gasteiger partial charge in [0.1, 0.15) is 6.10 Å². The Labute approximate surface area is 268 Å². The van der Waals surface area contributed by atoms with E-state index >= 15 is 0 Å². The lowest BCUT2D eigenvalue weighted by Gasteiger charge is -2.25. The number of allylic oxidation sites excluding steroid dienone is 4. The molecule has 0 aromatic heterocycles. The standard InChI is InChI=1S/C39H72O4/c1-5-7-9-11-13-15-17-19-21-23-25-27-29-31-33-35-38(43-36(3)40)37(39(41)42-4)34-32-30-28-26-24-22-20-18-16-14-12-10-8-6-2/h19-22,37-38H,5-18,23-35H2,1-4H3/t37-,38+/m1/s1. The Morgan fingerprint density at radius 3 is 1.23 bits per heavy atom. The molecule has 0 spiro atoms. The number of unbranched alkanes of at least 4 members (excludes halogenated alkanes) is 21. The van der Waals surface area contributed by atoms with Crippen molar-refractivity contribution in [3.63, 3.8) is 0 Å². The number of hydrogen-bond donors (Lipinski definition) is 0. The van der Waals surface area contributed by atoms with Crippen LogP contribution in [0.15, 0.2) is 24.3 Å². The van der Waals surface area contributed by atoms with Crippen molar-refractivity contribution in [1.82, 2.24) is 0 Å². The van der Waals surface area contributed by atoms with E-state index in [9.17, 15) is 9.59 Å². The third kappa shape index (κ3) is 28.9. The topological polar surface area (TPSA) is 52.6 Å². The van der Waals surface area contributed by atoms with Crippen molar-refractivity contribution >= 4 is 11.9 Å². The normalized spacial score (nSPS) is 13.1. The van der Waals surface area contributed by atoms with E-state index in [2.05, 4.69) is 38.2 Å². The molecule has 0 saturated heterocycles. The molecule has 4 nitrogen and oxygen atoms in total. The molecule has 0 rings (SSSR count). The van der Waals surface area contributed by atoms with Crippen LogP contribution in [-0.2, 0) is 19.1 Å². The van der Waals surface area contributed by atoms with Crippen LogP contribution < -0.4 is 0 Å². The largest absolute Gasteiger partial charge is 0.469 e. The second-order valence-electron chi connectivity index (χ2n) is 12.7. The van der Waals surface area contributed by atoms with Crippen molar-refractivity contribution in [1.29, 1.82) is 0 Å². The van der Waals surface area contributed by atoms with Crippen molar-refractivity contribution in [2.45, 2.75) is 200 Å². The molecule has 4 heteroatoms. The van der Waals surface area contributed by atoms with E-state index in [1.807, 2.05) is 0 Å². The van der Waals surface area contributed by atoms with Crippen molar-refractivity contribution in [3.05, 3.63) is 24.3 Å². The molecule has 2 atom stereocenters. The summed E-state index contributed by atoms with van der Waals surface area (Å²) in [4.78, 5) is 24.5. The molecule has 0 radical (unpaired) electrons. The maximum atomic E-state index is 12.6. The van der Waals surface area contributed by atoms with Crippen molar-refractivity contribution < 1.29 is 19.1 Å². The molecule has 0 aliphatic carbocycles. The van der Waals surface area contributed by atoms with Crippen molar-refractivity contribution in [3.8, 4) is 0 Å². The second-order valence-corrected chi connectivity index (χ2v) is 12.7. The zero-order valence-corrected chi connectivity index (χ0v) is 29.2.